The number of nitrogens with one attached hydrogen (secondary N) is 2. The van der Waals surface area contributed by atoms with Gasteiger partial charge >= 0.3 is 0 Å². The number of aromatic nitrogens is 2. The van der Waals surface area contributed by atoms with Crippen molar-refractivity contribution in [3.05, 3.63) is 66.5 Å². The van der Waals surface area contributed by atoms with E-state index in [4.69, 9.17) is 4.42 Å². The highest BCUT2D eigenvalue weighted by Gasteiger charge is 2.25. The van der Waals surface area contributed by atoms with Crippen LogP contribution in [-0.2, 0) is 6.54 Å². The fourth-order valence-corrected chi connectivity index (χ4v) is 3.49. The summed E-state index contributed by atoms with van der Waals surface area (Å²) in [6, 6.07) is 14.6. The molecular weight excluding hydrogens is 312 g/mol. The molecule has 0 radical (unpaired) electrons. The molecule has 4 rings (SSSR count). The van der Waals surface area contributed by atoms with Crippen molar-refractivity contribution < 1.29 is 4.42 Å². The summed E-state index contributed by atoms with van der Waals surface area (Å²) in [4.78, 5) is 10.4. The van der Waals surface area contributed by atoms with E-state index < -0.39 is 0 Å². The SMILES string of the molecule is c1ccc(-c2cnc(CNCC(c3ccco3)N3CCCC3)[nH]2)cc1. The van der Waals surface area contributed by atoms with Crippen molar-refractivity contribution in [2.75, 3.05) is 19.6 Å². The van der Waals surface area contributed by atoms with Gasteiger partial charge in [-0.15, -0.1) is 0 Å². The Balaban J connectivity index is 1.37. The third-order valence-electron chi connectivity index (χ3n) is 4.80. The van der Waals surface area contributed by atoms with Crippen LogP contribution in [0.5, 0.6) is 0 Å². The molecule has 1 atom stereocenters. The Morgan fingerprint density at radius 1 is 1.12 bits per heavy atom. The molecular formula is C20H24N4O. The first-order chi connectivity index (χ1) is 12.4. The van der Waals surface area contributed by atoms with Gasteiger partial charge in [0.1, 0.15) is 11.6 Å². The molecule has 5 heteroatoms. The summed E-state index contributed by atoms with van der Waals surface area (Å²) in [5.74, 6) is 2.00. The highest BCUT2D eigenvalue weighted by molar-refractivity contribution is 5.57. The maximum absolute atomic E-state index is 5.67. The highest BCUT2D eigenvalue weighted by atomic mass is 16.3. The van der Waals surface area contributed by atoms with Crippen LogP contribution in [-0.4, -0.2) is 34.5 Å². The number of likely N-dealkylation sites (tertiary alicyclic amines) is 1. The average Bonchev–Trinajstić information content (AvgIpc) is 3.42. The number of aromatic amines is 1. The number of rotatable bonds is 7. The molecule has 0 amide bonds. The van der Waals surface area contributed by atoms with Crippen LogP contribution >= 0.6 is 0 Å². The fraction of sp³-hybridized carbons (Fsp3) is 0.350. The molecule has 3 aromatic rings. The molecule has 0 aliphatic carbocycles. The quantitative estimate of drug-likeness (QED) is 0.692. The Hall–Kier alpha value is -2.37. The number of H-pyrrole nitrogens is 1. The summed E-state index contributed by atoms with van der Waals surface area (Å²) >= 11 is 0. The van der Waals surface area contributed by atoms with Gasteiger partial charge in [0.2, 0.25) is 0 Å². The van der Waals surface area contributed by atoms with E-state index in [0.29, 0.717) is 6.04 Å². The topological polar surface area (TPSA) is 57.1 Å². The van der Waals surface area contributed by atoms with Crippen LogP contribution in [0.3, 0.4) is 0 Å². The molecule has 2 aromatic heterocycles. The lowest BCUT2D eigenvalue weighted by atomic mass is 10.2. The number of furan rings is 1. The highest BCUT2D eigenvalue weighted by Crippen LogP contribution is 2.25. The number of hydrogen-bond acceptors (Lipinski definition) is 4. The molecule has 130 valence electrons. The molecule has 1 aliphatic heterocycles. The summed E-state index contributed by atoms with van der Waals surface area (Å²) in [6.45, 7) is 3.87. The summed E-state index contributed by atoms with van der Waals surface area (Å²) in [5, 5.41) is 3.54. The standard InChI is InChI=1S/C20H24N4O/c1-2-7-16(8-3-1)17-13-22-20(23-17)15-21-14-18(19-9-6-12-25-19)24-10-4-5-11-24/h1-3,6-9,12-13,18,21H,4-5,10-11,14-15H2,(H,22,23). The zero-order chi connectivity index (χ0) is 16.9. The molecule has 2 N–H and O–H groups in total. The van der Waals surface area contributed by atoms with Gasteiger partial charge in [-0.1, -0.05) is 30.3 Å². The lowest BCUT2D eigenvalue weighted by molar-refractivity contribution is 0.209. The Morgan fingerprint density at radius 3 is 2.72 bits per heavy atom. The number of hydrogen-bond donors (Lipinski definition) is 2. The second-order valence-electron chi connectivity index (χ2n) is 6.51. The largest absolute Gasteiger partial charge is 0.468 e. The maximum atomic E-state index is 5.67. The molecule has 5 nitrogen and oxygen atoms in total. The molecule has 1 aromatic carbocycles. The molecule has 3 heterocycles. The Bertz CT molecular complexity index is 760. The van der Waals surface area contributed by atoms with Gasteiger partial charge in [-0.05, 0) is 43.6 Å². The summed E-state index contributed by atoms with van der Waals surface area (Å²) in [6.07, 6.45) is 6.21. The van der Waals surface area contributed by atoms with Gasteiger partial charge in [0.25, 0.3) is 0 Å². The van der Waals surface area contributed by atoms with Gasteiger partial charge in [0.05, 0.1) is 30.7 Å². The van der Waals surface area contributed by atoms with Crippen LogP contribution in [0.2, 0.25) is 0 Å². The molecule has 1 unspecified atom stereocenters. The van der Waals surface area contributed by atoms with E-state index in [1.165, 1.54) is 12.8 Å². The van der Waals surface area contributed by atoms with Crippen molar-refractivity contribution in [3.8, 4) is 11.3 Å². The third-order valence-corrected chi connectivity index (χ3v) is 4.80. The van der Waals surface area contributed by atoms with Crippen molar-refractivity contribution in [2.24, 2.45) is 0 Å². The third kappa shape index (κ3) is 3.83. The molecule has 0 spiro atoms. The van der Waals surface area contributed by atoms with Crippen molar-refractivity contribution >= 4 is 0 Å². The van der Waals surface area contributed by atoms with Crippen molar-refractivity contribution in [1.82, 2.24) is 20.2 Å². The Kier molecular flexibility index (Phi) is 4.95. The van der Waals surface area contributed by atoms with Crippen LogP contribution < -0.4 is 5.32 Å². The van der Waals surface area contributed by atoms with Gasteiger partial charge in [0, 0.05) is 6.54 Å². The second kappa shape index (κ2) is 7.68. The van der Waals surface area contributed by atoms with Gasteiger partial charge in [-0.3, -0.25) is 4.90 Å². The minimum absolute atomic E-state index is 0.293. The van der Waals surface area contributed by atoms with Crippen LogP contribution in [0.4, 0.5) is 0 Å². The molecule has 1 saturated heterocycles. The lowest BCUT2D eigenvalue weighted by Crippen LogP contribution is -2.33. The predicted octanol–water partition coefficient (Wildman–Crippen LogP) is 3.60. The summed E-state index contributed by atoms with van der Waals surface area (Å²) < 4.78 is 5.67. The van der Waals surface area contributed by atoms with E-state index in [0.717, 1.165) is 49.0 Å². The number of nitrogens with zero attached hydrogens (tertiary/aromatic N) is 2. The molecule has 25 heavy (non-hydrogen) atoms. The van der Waals surface area contributed by atoms with Crippen LogP contribution in [0.1, 0.15) is 30.5 Å². The zero-order valence-corrected chi connectivity index (χ0v) is 14.3. The number of imidazole rings is 1. The maximum Gasteiger partial charge on any atom is 0.122 e. The molecule has 1 aliphatic rings. The van der Waals surface area contributed by atoms with Gasteiger partial charge in [-0.25, -0.2) is 4.98 Å². The first-order valence-corrected chi connectivity index (χ1v) is 8.97. The average molecular weight is 336 g/mol. The van der Waals surface area contributed by atoms with E-state index in [1.54, 1.807) is 6.26 Å². The van der Waals surface area contributed by atoms with Gasteiger partial charge < -0.3 is 14.7 Å². The monoisotopic (exact) mass is 336 g/mol. The smallest absolute Gasteiger partial charge is 0.122 e. The molecule has 1 fully saturated rings. The summed E-state index contributed by atoms with van der Waals surface area (Å²) in [5.41, 5.74) is 2.21. The van der Waals surface area contributed by atoms with E-state index in [-0.39, 0.29) is 0 Å². The minimum Gasteiger partial charge on any atom is -0.468 e. The first-order valence-electron chi connectivity index (χ1n) is 8.97. The van der Waals surface area contributed by atoms with Gasteiger partial charge in [-0.2, -0.15) is 0 Å². The molecule has 0 bridgehead atoms. The second-order valence-corrected chi connectivity index (χ2v) is 6.51. The van der Waals surface area contributed by atoms with Crippen LogP contribution in [0, 0.1) is 0 Å². The first kappa shape index (κ1) is 16.1. The van der Waals surface area contributed by atoms with E-state index in [2.05, 4.69) is 38.4 Å². The van der Waals surface area contributed by atoms with Crippen molar-refractivity contribution in [2.45, 2.75) is 25.4 Å². The van der Waals surface area contributed by atoms with E-state index >= 15 is 0 Å². The Morgan fingerprint density at radius 2 is 1.96 bits per heavy atom. The zero-order valence-electron chi connectivity index (χ0n) is 14.3. The van der Waals surface area contributed by atoms with Gasteiger partial charge in [0.15, 0.2) is 0 Å². The normalized spacial score (nSPS) is 16.3. The predicted molar refractivity (Wildman–Crippen MR) is 98.0 cm³/mol. The van der Waals surface area contributed by atoms with E-state index in [1.807, 2.05) is 30.5 Å². The van der Waals surface area contributed by atoms with Crippen LogP contribution in [0.15, 0.2) is 59.3 Å². The van der Waals surface area contributed by atoms with Crippen molar-refractivity contribution in [1.29, 1.82) is 0 Å². The Labute approximate surface area is 148 Å². The molecule has 0 saturated carbocycles. The fourth-order valence-electron chi connectivity index (χ4n) is 3.49. The summed E-state index contributed by atoms with van der Waals surface area (Å²) in [7, 11) is 0. The van der Waals surface area contributed by atoms with Crippen molar-refractivity contribution in [3.63, 3.8) is 0 Å². The minimum atomic E-state index is 0.293. The van der Waals surface area contributed by atoms with E-state index in [9.17, 15) is 0 Å². The number of benzene rings is 1. The lowest BCUT2D eigenvalue weighted by Gasteiger charge is -2.25. The van der Waals surface area contributed by atoms with Crippen LogP contribution in [0.25, 0.3) is 11.3 Å².